The fourth-order valence-corrected chi connectivity index (χ4v) is 2.19. The molecular formula is C14H10N2O2. The van der Waals surface area contributed by atoms with Crippen LogP contribution in [0.2, 0.25) is 0 Å². The molecule has 0 N–H and O–H groups in total. The first-order valence-corrected chi connectivity index (χ1v) is 5.65. The van der Waals surface area contributed by atoms with Crippen LogP contribution in [0.1, 0.15) is 11.7 Å². The minimum Gasteiger partial charge on any atom is -0.361 e. The predicted octanol–water partition coefficient (Wildman–Crippen LogP) is 2.15. The number of rotatable bonds is 3. The number of ether oxygens (including phenoxy) is 1. The van der Waals surface area contributed by atoms with E-state index in [1.807, 2.05) is 42.5 Å². The largest absolute Gasteiger partial charge is 0.361 e. The lowest BCUT2D eigenvalue weighted by Crippen LogP contribution is -2.09. The van der Waals surface area contributed by atoms with Gasteiger partial charge in [0, 0.05) is 0 Å². The number of carbonyl (C=O) groups excluding carboxylic acids is 1. The number of nitrogens with zero attached hydrogens (tertiary/aromatic N) is 2. The highest BCUT2D eigenvalue weighted by atomic mass is 16.6. The van der Waals surface area contributed by atoms with Gasteiger partial charge in [0.05, 0.1) is 0 Å². The van der Waals surface area contributed by atoms with Gasteiger partial charge in [-0.05, 0) is 16.3 Å². The molecule has 0 spiro atoms. The van der Waals surface area contributed by atoms with E-state index in [0.717, 1.165) is 22.6 Å². The summed E-state index contributed by atoms with van der Waals surface area (Å²) in [4.78, 5) is 14.2. The molecule has 2 aromatic rings. The molecule has 0 radical (unpaired) electrons. The predicted molar refractivity (Wildman–Crippen MR) is 66.3 cm³/mol. The molecule has 88 valence electrons. The Bertz CT molecular complexity index is 669. The third kappa shape index (κ3) is 1.74. The van der Waals surface area contributed by atoms with Gasteiger partial charge in [0.25, 0.3) is 5.78 Å². The molecule has 1 aliphatic heterocycles. The van der Waals surface area contributed by atoms with Crippen molar-refractivity contribution in [2.75, 3.05) is 0 Å². The van der Waals surface area contributed by atoms with Gasteiger partial charge in [-0.25, -0.2) is 0 Å². The van der Waals surface area contributed by atoms with Crippen LogP contribution in [0.3, 0.4) is 0 Å². The third-order valence-corrected chi connectivity index (χ3v) is 3.09. The lowest BCUT2D eigenvalue weighted by molar-refractivity contribution is -0.117. The summed E-state index contributed by atoms with van der Waals surface area (Å²) in [5, 5.41) is 2.20. The Morgan fingerprint density at radius 3 is 2.83 bits per heavy atom. The number of fused-ring (bicyclic) bond motifs is 1. The van der Waals surface area contributed by atoms with Crippen molar-refractivity contribution in [2.45, 2.75) is 12.2 Å². The molecule has 2 aromatic carbocycles. The minimum atomic E-state index is -0.522. The van der Waals surface area contributed by atoms with Crippen LogP contribution >= 0.6 is 0 Å². The average Bonchev–Trinajstić information content (AvgIpc) is 3.18. The molecule has 1 fully saturated rings. The van der Waals surface area contributed by atoms with Crippen LogP contribution in [-0.2, 0) is 9.53 Å². The minimum absolute atomic E-state index is 0.235. The monoisotopic (exact) mass is 238 g/mol. The van der Waals surface area contributed by atoms with Gasteiger partial charge in [0.2, 0.25) is 0 Å². The second kappa shape index (κ2) is 4.18. The summed E-state index contributed by atoms with van der Waals surface area (Å²) in [6, 6.07) is 13.9. The number of carbonyl (C=O) groups is 1. The van der Waals surface area contributed by atoms with Gasteiger partial charge in [-0.3, -0.25) is 4.79 Å². The zero-order chi connectivity index (χ0) is 12.5. The number of epoxide rings is 1. The van der Waals surface area contributed by atoms with E-state index >= 15 is 0 Å². The Kier molecular flexibility index (Phi) is 2.52. The molecule has 1 aliphatic rings. The van der Waals surface area contributed by atoms with Gasteiger partial charge in [0.1, 0.15) is 6.10 Å². The summed E-state index contributed by atoms with van der Waals surface area (Å²) in [7, 11) is 0. The molecule has 0 bridgehead atoms. The van der Waals surface area contributed by atoms with Gasteiger partial charge in [-0.1, -0.05) is 42.5 Å². The molecule has 1 heterocycles. The maximum absolute atomic E-state index is 11.5. The highest BCUT2D eigenvalue weighted by Gasteiger charge is 2.47. The lowest BCUT2D eigenvalue weighted by atomic mass is 10.00. The van der Waals surface area contributed by atoms with Gasteiger partial charge in [-0.2, -0.15) is 4.79 Å². The van der Waals surface area contributed by atoms with Crippen molar-refractivity contribution < 1.29 is 14.3 Å². The molecule has 18 heavy (non-hydrogen) atoms. The van der Waals surface area contributed by atoms with E-state index in [1.54, 1.807) is 0 Å². The smallest absolute Gasteiger partial charge is 0.326 e. The lowest BCUT2D eigenvalue weighted by Gasteiger charge is -2.02. The first-order chi connectivity index (χ1) is 8.81. The summed E-state index contributed by atoms with van der Waals surface area (Å²) in [6.45, 7) is 0. The molecule has 4 nitrogen and oxygen atoms in total. The fourth-order valence-electron chi connectivity index (χ4n) is 2.19. The molecule has 2 atom stereocenters. The van der Waals surface area contributed by atoms with E-state index in [9.17, 15) is 4.79 Å². The Balaban J connectivity index is 1.98. The van der Waals surface area contributed by atoms with Crippen molar-refractivity contribution in [1.29, 1.82) is 0 Å². The number of hydrogen-bond donors (Lipinski definition) is 0. The van der Waals surface area contributed by atoms with Gasteiger partial charge in [-0.15, -0.1) is 0 Å². The number of benzene rings is 2. The molecule has 0 aromatic heterocycles. The van der Waals surface area contributed by atoms with E-state index in [4.69, 9.17) is 10.3 Å². The van der Waals surface area contributed by atoms with E-state index < -0.39 is 6.10 Å². The van der Waals surface area contributed by atoms with Crippen molar-refractivity contribution in [3.63, 3.8) is 0 Å². The zero-order valence-electron chi connectivity index (χ0n) is 9.48. The van der Waals surface area contributed by atoms with Crippen molar-refractivity contribution in [2.24, 2.45) is 0 Å². The molecule has 0 unspecified atom stereocenters. The van der Waals surface area contributed by atoms with Crippen LogP contribution in [0, 0.1) is 0 Å². The van der Waals surface area contributed by atoms with E-state index in [-0.39, 0.29) is 11.9 Å². The second-order valence-corrected chi connectivity index (χ2v) is 4.19. The summed E-state index contributed by atoms with van der Waals surface area (Å²) in [6.07, 6.45) is 0.129. The number of hydrogen-bond acceptors (Lipinski definition) is 2. The second-order valence-electron chi connectivity index (χ2n) is 4.19. The summed E-state index contributed by atoms with van der Waals surface area (Å²) in [5.41, 5.74) is 9.33. The standard InChI is InChI=1S/C14H10N2O2/c15-16-8-12(17)14-13(18-14)11-7-3-5-9-4-1-2-6-10(9)11/h1-8,13-14H/t13-,14-/m0/s1. The Hall–Kier alpha value is -2.29. The van der Waals surface area contributed by atoms with Crippen LogP contribution in [0.15, 0.2) is 42.5 Å². The van der Waals surface area contributed by atoms with Crippen molar-refractivity contribution >= 4 is 22.8 Å². The van der Waals surface area contributed by atoms with Crippen LogP contribution < -0.4 is 0 Å². The van der Waals surface area contributed by atoms with Crippen molar-refractivity contribution in [3.05, 3.63) is 53.6 Å². The topological polar surface area (TPSA) is 66.0 Å². The van der Waals surface area contributed by atoms with Crippen LogP contribution in [0.25, 0.3) is 16.3 Å². The first-order valence-electron chi connectivity index (χ1n) is 5.65. The maximum atomic E-state index is 11.5. The highest BCUT2D eigenvalue weighted by molar-refractivity contribution is 6.28. The number of Topliss-reactive ketones (excluding diaryl/α,β-unsaturated/α-hetero) is 1. The molecule has 1 saturated heterocycles. The molecule has 4 heteroatoms. The van der Waals surface area contributed by atoms with Crippen LogP contribution in [0.4, 0.5) is 0 Å². The Morgan fingerprint density at radius 2 is 2.00 bits per heavy atom. The number of ketones is 1. The molecule has 0 aliphatic carbocycles. The Labute approximate surface area is 103 Å². The summed E-state index contributed by atoms with van der Waals surface area (Å²) < 4.78 is 5.37. The summed E-state index contributed by atoms with van der Waals surface area (Å²) >= 11 is 0. The first kappa shape index (κ1) is 10.8. The van der Waals surface area contributed by atoms with Crippen LogP contribution in [-0.4, -0.2) is 22.9 Å². The van der Waals surface area contributed by atoms with E-state index in [0.29, 0.717) is 0 Å². The van der Waals surface area contributed by atoms with Crippen LogP contribution in [0.5, 0.6) is 0 Å². The maximum Gasteiger partial charge on any atom is 0.326 e. The molecular weight excluding hydrogens is 228 g/mol. The van der Waals surface area contributed by atoms with Gasteiger partial charge >= 0.3 is 6.21 Å². The highest BCUT2D eigenvalue weighted by Crippen LogP contribution is 2.41. The molecule has 0 amide bonds. The quantitative estimate of drug-likeness (QED) is 0.356. The van der Waals surface area contributed by atoms with E-state index in [2.05, 4.69) is 4.79 Å². The zero-order valence-corrected chi connectivity index (χ0v) is 9.48. The fraction of sp³-hybridized carbons (Fsp3) is 0.143. The van der Waals surface area contributed by atoms with Gasteiger partial charge in [0.15, 0.2) is 6.10 Å². The molecule has 0 saturated carbocycles. The third-order valence-electron chi connectivity index (χ3n) is 3.09. The van der Waals surface area contributed by atoms with Crippen molar-refractivity contribution in [1.82, 2.24) is 0 Å². The Morgan fingerprint density at radius 1 is 1.22 bits per heavy atom. The SMILES string of the molecule is [N-]=[N+]=CC(=O)[C@@H]1O[C@H]1c1cccc2ccccc12. The molecule has 3 rings (SSSR count). The summed E-state index contributed by atoms with van der Waals surface area (Å²) in [5.74, 6) is -0.310. The normalized spacial score (nSPS) is 21.3. The average molecular weight is 238 g/mol. The van der Waals surface area contributed by atoms with E-state index in [1.165, 1.54) is 0 Å². The van der Waals surface area contributed by atoms with Crippen molar-refractivity contribution in [3.8, 4) is 0 Å². The van der Waals surface area contributed by atoms with Gasteiger partial charge < -0.3 is 10.3 Å².